The average Bonchev–Trinajstić information content (AvgIpc) is 2.36. The van der Waals surface area contributed by atoms with Crippen LogP contribution in [0.5, 0.6) is 0 Å². The van der Waals surface area contributed by atoms with E-state index >= 15 is 0 Å². The maximum atomic E-state index is 10.7. The third-order valence-electron chi connectivity index (χ3n) is 3.42. The summed E-state index contributed by atoms with van der Waals surface area (Å²) >= 11 is 0. The van der Waals surface area contributed by atoms with Gasteiger partial charge < -0.3 is 11.1 Å². The number of carbonyl (C=O) groups is 1. The van der Waals surface area contributed by atoms with Crippen LogP contribution in [0, 0.1) is 0 Å². The van der Waals surface area contributed by atoms with Crippen LogP contribution < -0.4 is 11.1 Å². The van der Waals surface area contributed by atoms with Gasteiger partial charge in [0.15, 0.2) is 0 Å². The fourth-order valence-corrected chi connectivity index (χ4v) is 2.69. The number of nitrogens with two attached hydrogens (primary N) is 1. The summed E-state index contributed by atoms with van der Waals surface area (Å²) in [6.45, 7) is 3.05. The summed E-state index contributed by atoms with van der Waals surface area (Å²) in [5, 5.41) is 3.44. The van der Waals surface area contributed by atoms with E-state index in [2.05, 4.69) is 10.2 Å². The van der Waals surface area contributed by atoms with Crippen molar-refractivity contribution < 1.29 is 4.79 Å². The Balaban J connectivity index is 1.92. The number of fused-ring (bicyclic) bond motifs is 2. The molecule has 2 heterocycles. The molecule has 2 atom stereocenters. The van der Waals surface area contributed by atoms with Gasteiger partial charge >= 0.3 is 0 Å². The summed E-state index contributed by atoms with van der Waals surface area (Å²) < 4.78 is 0. The predicted molar refractivity (Wildman–Crippen MR) is 54.8 cm³/mol. The number of nitrogens with one attached hydrogen (secondary N) is 1. The van der Waals surface area contributed by atoms with Gasteiger partial charge in [-0.25, -0.2) is 0 Å². The van der Waals surface area contributed by atoms with Crippen LogP contribution in [0.25, 0.3) is 0 Å². The summed E-state index contributed by atoms with van der Waals surface area (Å²) in [7, 11) is 0. The number of nitrogens with zero attached hydrogens (tertiary/aromatic N) is 1. The van der Waals surface area contributed by atoms with Crippen molar-refractivity contribution >= 4 is 5.91 Å². The quantitative estimate of drug-likeness (QED) is 0.652. The molecule has 2 saturated heterocycles. The van der Waals surface area contributed by atoms with Crippen molar-refractivity contribution in [3.63, 3.8) is 0 Å². The molecule has 0 aromatic rings. The molecule has 0 aliphatic carbocycles. The van der Waals surface area contributed by atoms with Crippen LogP contribution in [0.4, 0.5) is 0 Å². The topological polar surface area (TPSA) is 58.4 Å². The molecule has 80 valence electrons. The van der Waals surface area contributed by atoms with Crippen molar-refractivity contribution in [2.45, 2.75) is 37.8 Å². The van der Waals surface area contributed by atoms with Gasteiger partial charge in [0.05, 0.1) is 0 Å². The van der Waals surface area contributed by atoms with Crippen LogP contribution >= 0.6 is 0 Å². The van der Waals surface area contributed by atoms with Gasteiger partial charge in [0, 0.05) is 31.6 Å². The summed E-state index contributed by atoms with van der Waals surface area (Å²) in [6, 6.07) is 1.33. The second-order valence-corrected chi connectivity index (χ2v) is 4.33. The van der Waals surface area contributed by atoms with E-state index in [1.54, 1.807) is 0 Å². The Morgan fingerprint density at radius 1 is 1.36 bits per heavy atom. The zero-order chi connectivity index (χ0) is 9.97. The first kappa shape index (κ1) is 9.93. The molecule has 2 bridgehead atoms. The van der Waals surface area contributed by atoms with E-state index in [1.807, 2.05) is 0 Å². The van der Waals surface area contributed by atoms with Crippen molar-refractivity contribution in [3.8, 4) is 0 Å². The van der Waals surface area contributed by atoms with E-state index in [4.69, 9.17) is 5.73 Å². The number of amides is 1. The Kier molecular flexibility index (Phi) is 3.03. The Morgan fingerprint density at radius 2 is 2.14 bits per heavy atom. The normalized spacial score (nSPS) is 32.9. The highest BCUT2D eigenvalue weighted by molar-refractivity contribution is 5.73. The number of carbonyl (C=O) groups excluding carboxylic acids is 1. The minimum absolute atomic E-state index is 0.179. The fraction of sp³-hybridized carbons (Fsp3) is 0.900. The first-order valence-electron chi connectivity index (χ1n) is 5.52. The first-order valence-corrected chi connectivity index (χ1v) is 5.52. The molecule has 2 aliphatic heterocycles. The van der Waals surface area contributed by atoms with Crippen LogP contribution in [-0.4, -0.2) is 42.5 Å². The van der Waals surface area contributed by atoms with Gasteiger partial charge in [-0.2, -0.15) is 0 Å². The van der Waals surface area contributed by atoms with Crippen LogP contribution in [0.3, 0.4) is 0 Å². The van der Waals surface area contributed by atoms with Gasteiger partial charge in [0.2, 0.25) is 5.91 Å². The maximum absolute atomic E-state index is 10.7. The maximum Gasteiger partial charge on any atom is 0.218 e. The monoisotopic (exact) mass is 197 g/mol. The molecule has 14 heavy (non-hydrogen) atoms. The van der Waals surface area contributed by atoms with E-state index in [-0.39, 0.29) is 5.91 Å². The molecule has 0 aromatic heterocycles. The smallest absolute Gasteiger partial charge is 0.218 e. The van der Waals surface area contributed by atoms with Crippen LogP contribution in [0.1, 0.15) is 25.7 Å². The number of rotatable bonds is 3. The summed E-state index contributed by atoms with van der Waals surface area (Å²) in [5.41, 5.74) is 5.18. The second-order valence-electron chi connectivity index (χ2n) is 4.33. The molecule has 3 N–H and O–H groups in total. The van der Waals surface area contributed by atoms with Crippen LogP contribution in [0.2, 0.25) is 0 Å². The minimum atomic E-state index is -0.179. The lowest BCUT2D eigenvalue weighted by molar-refractivity contribution is -0.118. The molecule has 4 nitrogen and oxygen atoms in total. The van der Waals surface area contributed by atoms with E-state index in [9.17, 15) is 4.79 Å². The lowest BCUT2D eigenvalue weighted by Crippen LogP contribution is -2.39. The van der Waals surface area contributed by atoms with Crippen molar-refractivity contribution in [3.05, 3.63) is 0 Å². The van der Waals surface area contributed by atoms with E-state index < -0.39 is 0 Å². The minimum Gasteiger partial charge on any atom is -0.370 e. The Hall–Kier alpha value is -0.610. The molecule has 2 rings (SSSR count). The standard InChI is InChI=1S/C10H19N3O/c11-10(14)4-6-13-8-1-2-9(13)7-12-5-3-8/h8-9,12H,1-7H2,(H2,11,14). The largest absolute Gasteiger partial charge is 0.370 e. The zero-order valence-electron chi connectivity index (χ0n) is 8.54. The first-order chi connectivity index (χ1) is 6.77. The van der Waals surface area contributed by atoms with Crippen LogP contribution in [0.15, 0.2) is 0 Å². The summed E-state index contributed by atoms with van der Waals surface area (Å²) in [5.74, 6) is -0.179. The zero-order valence-corrected chi connectivity index (χ0v) is 8.54. The van der Waals surface area contributed by atoms with Crippen molar-refractivity contribution in [2.75, 3.05) is 19.6 Å². The fourth-order valence-electron chi connectivity index (χ4n) is 2.69. The molecular formula is C10H19N3O. The lowest BCUT2D eigenvalue weighted by atomic mass is 10.1. The molecule has 4 heteroatoms. The average molecular weight is 197 g/mol. The van der Waals surface area contributed by atoms with Crippen molar-refractivity contribution in [1.29, 1.82) is 0 Å². The third kappa shape index (κ3) is 2.07. The second kappa shape index (κ2) is 4.28. The molecule has 1 amide bonds. The SMILES string of the molecule is NC(=O)CCN1C2CCNCC1CC2. The molecule has 2 fully saturated rings. The summed E-state index contributed by atoms with van der Waals surface area (Å²) in [6.07, 6.45) is 4.30. The van der Waals surface area contributed by atoms with Gasteiger partial charge in [0.1, 0.15) is 0 Å². The highest BCUT2D eigenvalue weighted by Gasteiger charge is 2.34. The number of primary amides is 1. The van der Waals surface area contributed by atoms with Gasteiger partial charge in [-0.1, -0.05) is 0 Å². The molecular weight excluding hydrogens is 178 g/mol. The van der Waals surface area contributed by atoms with E-state index in [1.165, 1.54) is 19.3 Å². The van der Waals surface area contributed by atoms with E-state index in [0.29, 0.717) is 18.5 Å². The highest BCUT2D eigenvalue weighted by Crippen LogP contribution is 2.27. The molecule has 0 radical (unpaired) electrons. The third-order valence-corrected chi connectivity index (χ3v) is 3.42. The number of hydrogen-bond donors (Lipinski definition) is 2. The summed E-state index contributed by atoms with van der Waals surface area (Å²) in [4.78, 5) is 13.2. The Labute approximate surface area is 84.8 Å². The lowest BCUT2D eigenvalue weighted by Gasteiger charge is -2.26. The highest BCUT2D eigenvalue weighted by atomic mass is 16.1. The molecule has 0 aromatic carbocycles. The Bertz CT molecular complexity index is 205. The molecule has 0 spiro atoms. The van der Waals surface area contributed by atoms with Gasteiger partial charge in [-0.15, -0.1) is 0 Å². The Morgan fingerprint density at radius 3 is 2.93 bits per heavy atom. The van der Waals surface area contributed by atoms with E-state index in [0.717, 1.165) is 19.6 Å². The molecule has 0 saturated carbocycles. The molecule has 2 aliphatic rings. The van der Waals surface area contributed by atoms with Gasteiger partial charge in [-0.05, 0) is 25.8 Å². The number of hydrogen-bond acceptors (Lipinski definition) is 3. The predicted octanol–water partition coefficient (Wildman–Crippen LogP) is -0.312. The molecule has 2 unspecified atom stereocenters. The van der Waals surface area contributed by atoms with Crippen LogP contribution in [-0.2, 0) is 4.79 Å². The van der Waals surface area contributed by atoms with Gasteiger partial charge in [-0.3, -0.25) is 9.69 Å². The van der Waals surface area contributed by atoms with Gasteiger partial charge in [0.25, 0.3) is 0 Å². The van der Waals surface area contributed by atoms with Crippen molar-refractivity contribution in [1.82, 2.24) is 10.2 Å². The van der Waals surface area contributed by atoms with Crippen molar-refractivity contribution in [2.24, 2.45) is 5.73 Å².